The highest BCUT2D eigenvalue weighted by Crippen LogP contribution is 2.25. The van der Waals surface area contributed by atoms with Crippen molar-refractivity contribution < 1.29 is 4.79 Å². The van der Waals surface area contributed by atoms with Crippen LogP contribution in [0.2, 0.25) is 10.0 Å². The van der Waals surface area contributed by atoms with Crippen LogP contribution in [0.3, 0.4) is 0 Å². The number of hydrogen-bond donors (Lipinski definition) is 2. The van der Waals surface area contributed by atoms with Crippen LogP contribution in [-0.2, 0) is 4.79 Å². The second-order valence-corrected chi connectivity index (χ2v) is 4.71. The minimum atomic E-state index is -0.260. The van der Waals surface area contributed by atoms with Gasteiger partial charge in [0.15, 0.2) is 0 Å². The Morgan fingerprint density at radius 1 is 1.24 bits per heavy atom. The lowest BCUT2D eigenvalue weighted by Crippen LogP contribution is -2.41. The number of carbonyl (C=O) groups is 1. The third kappa shape index (κ3) is 3.87. The van der Waals surface area contributed by atoms with Gasteiger partial charge in [0.2, 0.25) is 5.91 Å². The predicted octanol–water partition coefficient (Wildman–Crippen LogP) is 2.78. The molecule has 1 aromatic rings. The second kappa shape index (κ2) is 6.24. The normalized spacial score (nSPS) is 14.2. The largest absolute Gasteiger partial charge is 0.358 e. The molecule has 0 radical (unpaired) electrons. The molecule has 0 heterocycles. The predicted molar refractivity (Wildman–Crippen MR) is 71.5 cm³/mol. The van der Waals surface area contributed by atoms with Crippen LogP contribution >= 0.6 is 23.2 Å². The topological polar surface area (TPSA) is 41.1 Å². The minimum absolute atomic E-state index is 0.0251. The summed E-state index contributed by atoms with van der Waals surface area (Å²) in [4.78, 5) is 11.4. The Morgan fingerprint density at radius 2 is 1.88 bits per heavy atom. The average Bonchev–Trinajstić information content (AvgIpc) is 2.31. The minimum Gasteiger partial charge on any atom is -0.358 e. The van der Waals surface area contributed by atoms with E-state index < -0.39 is 0 Å². The highest BCUT2D eigenvalue weighted by Gasteiger charge is 2.15. The first-order chi connectivity index (χ1) is 7.95. The van der Waals surface area contributed by atoms with Gasteiger partial charge in [0.1, 0.15) is 0 Å². The fourth-order valence-electron chi connectivity index (χ4n) is 1.55. The van der Waals surface area contributed by atoms with Crippen LogP contribution in [0.1, 0.15) is 25.5 Å². The van der Waals surface area contributed by atoms with Gasteiger partial charge in [0, 0.05) is 13.1 Å². The Balaban J connectivity index is 2.72. The summed E-state index contributed by atoms with van der Waals surface area (Å²) in [7, 11) is 1.62. The lowest BCUT2D eigenvalue weighted by Gasteiger charge is -2.19. The van der Waals surface area contributed by atoms with Gasteiger partial charge in [-0.25, -0.2) is 0 Å². The van der Waals surface area contributed by atoms with Crippen LogP contribution in [0.25, 0.3) is 0 Å². The van der Waals surface area contributed by atoms with Gasteiger partial charge in [-0.05, 0) is 31.5 Å². The zero-order valence-electron chi connectivity index (χ0n) is 10.1. The van der Waals surface area contributed by atoms with E-state index in [1.54, 1.807) is 19.2 Å². The second-order valence-electron chi connectivity index (χ2n) is 3.90. The molecule has 0 aliphatic carbocycles. The number of likely N-dealkylation sites (N-methyl/N-ethyl adjacent to an activating group) is 1. The van der Waals surface area contributed by atoms with Crippen LogP contribution in [0.15, 0.2) is 18.2 Å². The van der Waals surface area contributed by atoms with Crippen molar-refractivity contribution in [3.8, 4) is 0 Å². The Labute approximate surface area is 111 Å². The van der Waals surface area contributed by atoms with Gasteiger partial charge in [-0.2, -0.15) is 0 Å². The number of rotatable bonds is 4. The molecule has 1 amide bonds. The van der Waals surface area contributed by atoms with Crippen molar-refractivity contribution in [1.82, 2.24) is 10.6 Å². The van der Waals surface area contributed by atoms with Gasteiger partial charge in [-0.15, -0.1) is 0 Å². The Kier molecular flexibility index (Phi) is 5.25. The molecular formula is C12H16Cl2N2O. The number of benzene rings is 1. The van der Waals surface area contributed by atoms with E-state index in [2.05, 4.69) is 10.6 Å². The maximum atomic E-state index is 11.4. The van der Waals surface area contributed by atoms with E-state index in [1.807, 2.05) is 19.9 Å². The zero-order valence-corrected chi connectivity index (χ0v) is 11.6. The van der Waals surface area contributed by atoms with Gasteiger partial charge >= 0.3 is 0 Å². The molecule has 1 rings (SSSR count). The van der Waals surface area contributed by atoms with Crippen LogP contribution < -0.4 is 10.6 Å². The van der Waals surface area contributed by atoms with Crippen molar-refractivity contribution in [3.05, 3.63) is 33.8 Å². The fourth-order valence-corrected chi connectivity index (χ4v) is 1.85. The molecule has 17 heavy (non-hydrogen) atoms. The molecule has 0 aromatic heterocycles. The Bertz CT molecular complexity index is 409. The number of halogens is 2. The van der Waals surface area contributed by atoms with E-state index in [4.69, 9.17) is 23.2 Å². The average molecular weight is 275 g/mol. The van der Waals surface area contributed by atoms with Crippen LogP contribution in [0.5, 0.6) is 0 Å². The molecule has 0 fully saturated rings. The Hall–Kier alpha value is -0.770. The molecule has 0 spiro atoms. The van der Waals surface area contributed by atoms with Gasteiger partial charge in [0.05, 0.1) is 16.1 Å². The van der Waals surface area contributed by atoms with Gasteiger partial charge in [0.25, 0.3) is 0 Å². The molecule has 3 nitrogen and oxygen atoms in total. The standard InChI is InChI=1S/C12H16Cl2N2O/c1-7(16-8(2)12(17)15-3)9-4-5-10(13)11(14)6-9/h4-8,16H,1-3H3,(H,15,17). The van der Waals surface area contributed by atoms with Crippen molar-refractivity contribution in [2.45, 2.75) is 25.9 Å². The van der Waals surface area contributed by atoms with Gasteiger partial charge in [-0.1, -0.05) is 29.3 Å². The van der Waals surface area contributed by atoms with Crippen LogP contribution in [0, 0.1) is 0 Å². The van der Waals surface area contributed by atoms with E-state index in [-0.39, 0.29) is 18.0 Å². The summed E-state index contributed by atoms with van der Waals surface area (Å²) in [5.41, 5.74) is 0.996. The monoisotopic (exact) mass is 274 g/mol. The molecule has 2 unspecified atom stereocenters. The molecule has 0 saturated heterocycles. The fraction of sp³-hybridized carbons (Fsp3) is 0.417. The van der Waals surface area contributed by atoms with Crippen molar-refractivity contribution in [2.75, 3.05) is 7.05 Å². The van der Waals surface area contributed by atoms with E-state index in [1.165, 1.54) is 0 Å². The lowest BCUT2D eigenvalue weighted by atomic mass is 10.1. The van der Waals surface area contributed by atoms with Gasteiger partial charge < -0.3 is 5.32 Å². The molecule has 1 aromatic carbocycles. The Morgan fingerprint density at radius 3 is 2.41 bits per heavy atom. The van der Waals surface area contributed by atoms with Crippen LogP contribution in [0.4, 0.5) is 0 Å². The summed E-state index contributed by atoms with van der Waals surface area (Å²) in [5, 5.41) is 6.82. The molecule has 2 N–H and O–H groups in total. The first kappa shape index (κ1) is 14.3. The van der Waals surface area contributed by atoms with Crippen molar-refractivity contribution >= 4 is 29.1 Å². The van der Waals surface area contributed by atoms with E-state index in [9.17, 15) is 4.79 Å². The third-order valence-electron chi connectivity index (χ3n) is 2.58. The summed E-state index contributed by atoms with van der Waals surface area (Å²) in [6.45, 7) is 3.78. The number of nitrogens with one attached hydrogen (secondary N) is 2. The molecule has 0 aliphatic rings. The molecule has 2 atom stereocenters. The van der Waals surface area contributed by atoms with E-state index in [0.717, 1.165) is 5.56 Å². The molecule has 5 heteroatoms. The SMILES string of the molecule is CNC(=O)C(C)NC(C)c1ccc(Cl)c(Cl)c1. The van der Waals surface area contributed by atoms with Gasteiger partial charge in [-0.3, -0.25) is 10.1 Å². The molecule has 0 saturated carbocycles. The number of carbonyl (C=O) groups excluding carboxylic acids is 1. The highest BCUT2D eigenvalue weighted by atomic mass is 35.5. The lowest BCUT2D eigenvalue weighted by molar-refractivity contribution is -0.122. The summed E-state index contributed by atoms with van der Waals surface area (Å²) < 4.78 is 0. The smallest absolute Gasteiger partial charge is 0.236 e. The van der Waals surface area contributed by atoms with E-state index in [0.29, 0.717) is 10.0 Å². The summed E-state index contributed by atoms with van der Waals surface area (Å²) in [6.07, 6.45) is 0. The zero-order chi connectivity index (χ0) is 13.0. The number of amides is 1. The molecular weight excluding hydrogens is 259 g/mol. The van der Waals surface area contributed by atoms with Crippen molar-refractivity contribution in [3.63, 3.8) is 0 Å². The first-order valence-corrected chi connectivity index (χ1v) is 6.14. The first-order valence-electron chi connectivity index (χ1n) is 5.38. The maximum Gasteiger partial charge on any atom is 0.236 e. The molecule has 0 aliphatic heterocycles. The molecule has 0 bridgehead atoms. The van der Waals surface area contributed by atoms with Crippen molar-refractivity contribution in [1.29, 1.82) is 0 Å². The molecule has 94 valence electrons. The summed E-state index contributed by atoms with van der Waals surface area (Å²) >= 11 is 11.8. The quantitative estimate of drug-likeness (QED) is 0.887. The number of hydrogen-bond acceptors (Lipinski definition) is 2. The summed E-state index contributed by atoms with van der Waals surface area (Å²) in [6, 6.07) is 5.21. The maximum absolute atomic E-state index is 11.4. The van der Waals surface area contributed by atoms with Crippen LogP contribution in [-0.4, -0.2) is 19.0 Å². The third-order valence-corrected chi connectivity index (χ3v) is 3.32. The van der Waals surface area contributed by atoms with Crippen molar-refractivity contribution in [2.24, 2.45) is 0 Å². The van der Waals surface area contributed by atoms with E-state index >= 15 is 0 Å². The highest BCUT2D eigenvalue weighted by molar-refractivity contribution is 6.42. The summed E-state index contributed by atoms with van der Waals surface area (Å²) in [5.74, 6) is -0.0445.